The average Bonchev–Trinajstić information content (AvgIpc) is 2.28. The van der Waals surface area contributed by atoms with Crippen LogP contribution in [0.15, 0.2) is 0 Å². The second kappa shape index (κ2) is 7.80. The first kappa shape index (κ1) is 16.6. The van der Waals surface area contributed by atoms with E-state index in [2.05, 4.69) is 14.2 Å². The second-order valence-corrected chi connectivity index (χ2v) is 5.04. The van der Waals surface area contributed by atoms with Crippen LogP contribution < -0.4 is 0 Å². The summed E-state index contributed by atoms with van der Waals surface area (Å²) in [5, 5.41) is -2.18. The van der Waals surface area contributed by atoms with Gasteiger partial charge in [-0.1, -0.05) is 0 Å². The molecule has 0 fully saturated rings. The lowest BCUT2D eigenvalue weighted by Crippen LogP contribution is -2.35. The normalized spacial score (nSPS) is 11.4. The maximum absolute atomic E-state index is 11.4. The van der Waals surface area contributed by atoms with Gasteiger partial charge in [0.1, 0.15) is 0 Å². The highest BCUT2D eigenvalue weighted by atomic mass is 31.2. The van der Waals surface area contributed by atoms with Crippen molar-refractivity contribution in [1.82, 2.24) is 0 Å². The summed E-state index contributed by atoms with van der Waals surface area (Å²) in [4.78, 5) is 48.7. The van der Waals surface area contributed by atoms with Crippen LogP contribution in [0.3, 0.4) is 0 Å². The summed E-state index contributed by atoms with van der Waals surface area (Å²) in [6.07, 6.45) is -0.839. The molecular formula is C8H13O9P. The Kier molecular flexibility index (Phi) is 7.18. The van der Waals surface area contributed by atoms with Gasteiger partial charge in [-0.2, -0.15) is 0 Å². The number of carbonyl (C=O) groups is 3. The number of carbonyl (C=O) groups excluding carboxylic acids is 3. The number of rotatable bonds is 11. The molecule has 0 aromatic carbocycles. The molecule has 0 heterocycles. The van der Waals surface area contributed by atoms with Crippen LogP contribution in [-0.2, 0) is 33.2 Å². The lowest BCUT2D eigenvalue weighted by molar-refractivity contribution is -0.142. The van der Waals surface area contributed by atoms with Gasteiger partial charge in [-0.15, -0.1) is 0 Å². The van der Waals surface area contributed by atoms with Crippen molar-refractivity contribution >= 4 is 27.0 Å². The molecule has 9 nitrogen and oxygen atoms in total. The third-order valence-electron chi connectivity index (χ3n) is 2.16. The molecular weight excluding hydrogens is 271 g/mol. The Hall–Kier alpha value is -1.44. The Bertz CT molecular complexity index is 309. The van der Waals surface area contributed by atoms with E-state index in [1.807, 2.05) is 0 Å². The predicted octanol–water partition coefficient (Wildman–Crippen LogP) is -0.840. The van der Waals surface area contributed by atoms with Gasteiger partial charge in [0.05, 0.1) is 13.2 Å². The molecule has 0 saturated heterocycles. The summed E-state index contributed by atoms with van der Waals surface area (Å²) in [5.74, 6) is 0. The fraction of sp³-hybridized carbons (Fsp3) is 0.625. The molecule has 0 radical (unpaired) electrons. The molecule has 0 spiro atoms. The molecule has 0 aromatic heterocycles. The minimum absolute atomic E-state index is 0.0905. The standard InChI is InChI=1S/C8H13O9P/c9-5-15-3-1-8(17-7-11,18(12,13)14)2-4-16-6-10/h5-7H,1-4H2,(H2,12,13,14). The van der Waals surface area contributed by atoms with Crippen molar-refractivity contribution in [2.45, 2.75) is 18.2 Å². The average molecular weight is 284 g/mol. The van der Waals surface area contributed by atoms with E-state index < -0.39 is 25.8 Å². The molecule has 0 aliphatic rings. The van der Waals surface area contributed by atoms with E-state index in [1.165, 1.54) is 0 Å². The summed E-state index contributed by atoms with van der Waals surface area (Å²) in [5.41, 5.74) is 0. The summed E-state index contributed by atoms with van der Waals surface area (Å²) < 4.78 is 24.4. The zero-order valence-electron chi connectivity index (χ0n) is 9.26. The zero-order valence-corrected chi connectivity index (χ0v) is 10.2. The van der Waals surface area contributed by atoms with Crippen LogP contribution in [-0.4, -0.2) is 47.8 Å². The molecule has 10 heteroatoms. The smallest absolute Gasteiger partial charge is 0.369 e. The van der Waals surface area contributed by atoms with Crippen LogP contribution in [0.25, 0.3) is 0 Å². The fourth-order valence-electron chi connectivity index (χ4n) is 1.23. The molecule has 2 N–H and O–H groups in total. The van der Waals surface area contributed by atoms with E-state index in [0.717, 1.165) is 0 Å². The van der Waals surface area contributed by atoms with Crippen LogP contribution >= 0.6 is 7.60 Å². The molecule has 0 saturated carbocycles. The van der Waals surface area contributed by atoms with E-state index in [1.54, 1.807) is 0 Å². The van der Waals surface area contributed by atoms with Gasteiger partial charge in [0, 0.05) is 12.8 Å². The Morgan fingerprint density at radius 3 is 1.67 bits per heavy atom. The van der Waals surface area contributed by atoms with E-state index in [-0.39, 0.29) is 32.6 Å². The highest BCUT2D eigenvalue weighted by Crippen LogP contribution is 2.55. The van der Waals surface area contributed by atoms with Gasteiger partial charge in [0.2, 0.25) is 5.34 Å². The quantitative estimate of drug-likeness (QED) is 0.215. The van der Waals surface area contributed by atoms with Gasteiger partial charge in [-0.25, -0.2) is 0 Å². The summed E-state index contributed by atoms with van der Waals surface area (Å²) in [6.45, 7) is -0.658. The van der Waals surface area contributed by atoms with Crippen molar-refractivity contribution in [2.75, 3.05) is 13.2 Å². The molecule has 0 aliphatic carbocycles. The monoisotopic (exact) mass is 284 g/mol. The van der Waals surface area contributed by atoms with Gasteiger partial charge in [0.15, 0.2) is 0 Å². The van der Waals surface area contributed by atoms with Crippen molar-refractivity contribution in [3.05, 3.63) is 0 Å². The number of ether oxygens (including phenoxy) is 3. The zero-order chi connectivity index (χ0) is 14.1. The molecule has 104 valence electrons. The maximum Gasteiger partial charge on any atom is 0.369 e. The summed E-state index contributed by atoms with van der Waals surface area (Å²) in [6, 6.07) is 0. The van der Waals surface area contributed by atoms with Crippen LogP contribution in [0.2, 0.25) is 0 Å². The number of hydrogen-bond acceptors (Lipinski definition) is 7. The third kappa shape index (κ3) is 4.82. The van der Waals surface area contributed by atoms with Crippen LogP contribution in [0.1, 0.15) is 12.8 Å². The fourth-order valence-corrected chi connectivity index (χ4v) is 2.17. The van der Waals surface area contributed by atoms with Gasteiger partial charge >= 0.3 is 7.60 Å². The van der Waals surface area contributed by atoms with Gasteiger partial charge in [0.25, 0.3) is 19.4 Å². The largest absolute Gasteiger partial charge is 0.468 e. The van der Waals surface area contributed by atoms with Crippen LogP contribution in [0, 0.1) is 0 Å². The molecule has 0 unspecified atom stereocenters. The van der Waals surface area contributed by atoms with Crippen molar-refractivity contribution in [3.8, 4) is 0 Å². The van der Waals surface area contributed by atoms with E-state index in [0.29, 0.717) is 0 Å². The Labute approximate surface area is 102 Å². The topological polar surface area (TPSA) is 136 Å². The first-order valence-corrected chi connectivity index (χ1v) is 6.32. The highest BCUT2D eigenvalue weighted by molar-refractivity contribution is 7.53. The van der Waals surface area contributed by atoms with Crippen molar-refractivity contribution in [2.24, 2.45) is 0 Å². The van der Waals surface area contributed by atoms with Crippen LogP contribution in [0.4, 0.5) is 0 Å². The van der Waals surface area contributed by atoms with Crippen molar-refractivity contribution in [1.29, 1.82) is 0 Å². The van der Waals surface area contributed by atoms with Gasteiger partial charge < -0.3 is 24.0 Å². The Morgan fingerprint density at radius 2 is 1.39 bits per heavy atom. The third-order valence-corrected chi connectivity index (χ3v) is 3.77. The van der Waals surface area contributed by atoms with Crippen molar-refractivity contribution < 1.29 is 42.9 Å². The molecule has 0 amide bonds. The first-order chi connectivity index (χ1) is 8.43. The molecule has 0 atom stereocenters. The highest BCUT2D eigenvalue weighted by Gasteiger charge is 2.49. The molecule has 18 heavy (non-hydrogen) atoms. The van der Waals surface area contributed by atoms with Crippen molar-refractivity contribution in [3.63, 3.8) is 0 Å². The number of hydrogen-bond donors (Lipinski definition) is 2. The summed E-state index contributed by atoms with van der Waals surface area (Å²) in [7, 11) is -4.85. The molecule has 0 aromatic rings. The maximum atomic E-state index is 11.4. The van der Waals surface area contributed by atoms with E-state index >= 15 is 0 Å². The first-order valence-electron chi connectivity index (χ1n) is 4.71. The van der Waals surface area contributed by atoms with E-state index in [9.17, 15) is 28.7 Å². The predicted molar refractivity (Wildman–Crippen MR) is 55.2 cm³/mol. The molecule has 0 aliphatic heterocycles. The lowest BCUT2D eigenvalue weighted by atomic mass is 10.2. The summed E-state index contributed by atoms with van der Waals surface area (Å²) >= 11 is 0. The van der Waals surface area contributed by atoms with Crippen LogP contribution in [0.5, 0.6) is 0 Å². The molecule has 0 rings (SSSR count). The van der Waals surface area contributed by atoms with Gasteiger partial charge in [-0.05, 0) is 0 Å². The second-order valence-electron chi connectivity index (χ2n) is 3.14. The SMILES string of the molecule is O=COCCC(CCOC=O)(OC=O)P(=O)(O)O. The lowest BCUT2D eigenvalue weighted by Gasteiger charge is -2.31. The van der Waals surface area contributed by atoms with E-state index in [4.69, 9.17) is 0 Å². The minimum atomic E-state index is -4.85. The Morgan fingerprint density at radius 1 is 0.944 bits per heavy atom. The van der Waals surface area contributed by atoms with Gasteiger partial charge in [-0.3, -0.25) is 18.9 Å². The minimum Gasteiger partial charge on any atom is -0.468 e. The molecule has 0 bridgehead atoms. The Balaban J connectivity index is 4.89.